The molecule has 1 rings (SSSR count). The van der Waals surface area contributed by atoms with E-state index >= 15 is 0 Å². The van der Waals surface area contributed by atoms with Crippen LogP contribution in [0, 0.1) is 0 Å². The molecule has 1 unspecified atom stereocenters. The molecule has 1 aromatic rings. The maximum Gasteiger partial charge on any atom is 0.472 e. The van der Waals surface area contributed by atoms with Crippen molar-refractivity contribution in [2.45, 2.75) is 32.5 Å². The average molecular weight is 425 g/mol. The predicted octanol–water partition coefficient (Wildman–Crippen LogP) is 3.92. The minimum absolute atomic E-state index is 0.0744. The van der Waals surface area contributed by atoms with Crippen molar-refractivity contribution < 1.29 is 28.0 Å². The molecule has 6 nitrogen and oxygen atoms in total. The van der Waals surface area contributed by atoms with Crippen molar-refractivity contribution in [2.24, 2.45) is 0 Å². The largest absolute Gasteiger partial charge is 0.472 e. The Hall–Kier alpha value is -0.270. The van der Waals surface area contributed by atoms with Gasteiger partial charge >= 0.3 is 7.82 Å². The Morgan fingerprint density at radius 1 is 1.17 bits per heavy atom. The molecule has 0 saturated carbocycles. The second-order valence-electron chi connectivity index (χ2n) is 5.13. The second kappa shape index (κ2) is 13.0. The van der Waals surface area contributed by atoms with Gasteiger partial charge in [-0.3, -0.25) is 9.05 Å². The lowest BCUT2D eigenvalue weighted by molar-refractivity contribution is -0.0503. The minimum Gasteiger partial charge on any atom is -0.379 e. The van der Waals surface area contributed by atoms with Gasteiger partial charge in [0.15, 0.2) is 0 Å². The van der Waals surface area contributed by atoms with E-state index < -0.39 is 13.9 Å². The maximum absolute atomic E-state index is 11.7. The van der Waals surface area contributed by atoms with Crippen molar-refractivity contribution in [3.05, 3.63) is 35.9 Å². The summed E-state index contributed by atoms with van der Waals surface area (Å²) in [6, 6.07) is 9.69. The molecule has 0 aliphatic heterocycles. The first-order valence-electron chi connectivity index (χ1n) is 7.98. The van der Waals surface area contributed by atoms with E-state index in [1.165, 1.54) is 0 Å². The number of ether oxygens (including phenoxy) is 2. The third-order valence-corrected chi connectivity index (χ3v) is 4.34. The van der Waals surface area contributed by atoms with Crippen LogP contribution in [-0.4, -0.2) is 42.8 Å². The molecule has 138 valence electrons. The van der Waals surface area contributed by atoms with E-state index in [4.69, 9.17) is 18.5 Å². The summed E-state index contributed by atoms with van der Waals surface area (Å²) in [6.07, 6.45) is 1.55. The Kier molecular flexibility index (Phi) is 11.8. The molecule has 0 saturated heterocycles. The van der Waals surface area contributed by atoms with Crippen LogP contribution in [0.25, 0.3) is 0 Å². The fraction of sp³-hybridized carbons (Fsp3) is 0.625. The number of phosphoric ester groups is 1. The van der Waals surface area contributed by atoms with Gasteiger partial charge in [-0.2, -0.15) is 0 Å². The van der Waals surface area contributed by atoms with E-state index in [1.807, 2.05) is 30.3 Å². The number of phosphoric acid groups is 1. The van der Waals surface area contributed by atoms with Crippen LogP contribution in [0.2, 0.25) is 0 Å². The van der Waals surface area contributed by atoms with Crippen molar-refractivity contribution in [2.75, 3.05) is 31.8 Å². The average Bonchev–Trinajstić information content (AvgIpc) is 2.59. The highest BCUT2D eigenvalue weighted by molar-refractivity contribution is 9.09. The Bertz CT molecular complexity index is 473. The summed E-state index contributed by atoms with van der Waals surface area (Å²) in [5.74, 6) is 0. The highest BCUT2D eigenvalue weighted by Gasteiger charge is 2.23. The maximum atomic E-state index is 11.7. The normalized spacial score (nSPS) is 15.1. The number of alkyl halides is 1. The highest BCUT2D eigenvalue weighted by Crippen LogP contribution is 2.43. The third kappa shape index (κ3) is 10.6. The van der Waals surface area contributed by atoms with Crippen LogP contribution < -0.4 is 0 Å². The molecule has 8 heteroatoms. The minimum atomic E-state index is -4.07. The van der Waals surface area contributed by atoms with Crippen LogP contribution in [0.1, 0.15) is 25.3 Å². The molecule has 1 N–H and O–H groups in total. The first-order valence-corrected chi connectivity index (χ1v) is 10.6. The number of hydrogen-bond donors (Lipinski definition) is 1. The van der Waals surface area contributed by atoms with Crippen LogP contribution in [0.4, 0.5) is 0 Å². The zero-order valence-electron chi connectivity index (χ0n) is 13.9. The zero-order chi connectivity index (χ0) is 17.7. The van der Waals surface area contributed by atoms with Gasteiger partial charge in [-0.1, -0.05) is 59.6 Å². The first-order chi connectivity index (χ1) is 11.6. The summed E-state index contributed by atoms with van der Waals surface area (Å²) in [5.41, 5.74) is 1.01. The summed E-state index contributed by atoms with van der Waals surface area (Å²) in [5, 5.41) is 0.453. The van der Waals surface area contributed by atoms with Gasteiger partial charge in [-0.25, -0.2) is 4.57 Å². The molecule has 0 aliphatic rings. The van der Waals surface area contributed by atoms with Gasteiger partial charge < -0.3 is 14.4 Å². The molecule has 0 spiro atoms. The third-order valence-electron chi connectivity index (χ3n) is 3.03. The summed E-state index contributed by atoms with van der Waals surface area (Å²) in [4.78, 5) is 9.58. The number of rotatable bonds is 14. The van der Waals surface area contributed by atoms with Gasteiger partial charge in [0.2, 0.25) is 0 Å². The summed E-state index contributed by atoms with van der Waals surface area (Å²) in [6.45, 7) is 3.40. The van der Waals surface area contributed by atoms with Crippen molar-refractivity contribution in [1.29, 1.82) is 0 Å². The van der Waals surface area contributed by atoms with Crippen LogP contribution in [0.15, 0.2) is 30.3 Å². The Morgan fingerprint density at radius 2 is 1.92 bits per heavy atom. The monoisotopic (exact) mass is 424 g/mol. The van der Waals surface area contributed by atoms with Gasteiger partial charge in [-0.05, 0) is 12.0 Å². The lowest BCUT2D eigenvalue weighted by Crippen LogP contribution is -2.25. The Labute approximate surface area is 152 Å². The summed E-state index contributed by atoms with van der Waals surface area (Å²) in [7, 11) is -4.07. The van der Waals surface area contributed by atoms with Crippen molar-refractivity contribution in [3.63, 3.8) is 0 Å². The molecular formula is C16H26BrO6P. The van der Waals surface area contributed by atoms with E-state index in [-0.39, 0.29) is 13.2 Å². The highest BCUT2D eigenvalue weighted by atomic mass is 79.9. The van der Waals surface area contributed by atoms with Gasteiger partial charge in [0.1, 0.15) is 6.10 Å². The second-order valence-corrected chi connectivity index (χ2v) is 7.38. The lowest BCUT2D eigenvalue weighted by atomic mass is 10.2. The van der Waals surface area contributed by atoms with Crippen LogP contribution in [0.5, 0.6) is 0 Å². The molecular weight excluding hydrogens is 399 g/mol. The van der Waals surface area contributed by atoms with E-state index in [1.54, 1.807) is 0 Å². The first kappa shape index (κ1) is 21.8. The Balaban J connectivity index is 2.45. The molecule has 0 fully saturated rings. The fourth-order valence-corrected chi connectivity index (χ4v) is 2.92. The molecule has 0 bridgehead atoms. The van der Waals surface area contributed by atoms with E-state index in [0.717, 1.165) is 18.4 Å². The number of unbranched alkanes of at least 4 members (excludes halogenated alkanes) is 1. The topological polar surface area (TPSA) is 74.2 Å². The fourth-order valence-electron chi connectivity index (χ4n) is 1.76. The van der Waals surface area contributed by atoms with Crippen LogP contribution in [0.3, 0.4) is 0 Å². The number of benzene rings is 1. The van der Waals surface area contributed by atoms with Crippen molar-refractivity contribution in [3.8, 4) is 0 Å². The molecule has 0 aromatic heterocycles. The van der Waals surface area contributed by atoms with E-state index in [9.17, 15) is 9.46 Å². The molecule has 0 amide bonds. The molecule has 24 heavy (non-hydrogen) atoms. The van der Waals surface area contributed by atoms with Crippen molar-refractivity contribution in [1.82, 2.24) is 0 Å². The molecule has 0 radical (unpaired) electrons. The molecule has 0 heterocycles. The predicted molar refractivity (Wildman–Crippen MR) is 96.3 cm³/mol. The van der Waals surface area contributed by atoms with Gasteiger partial charge in [-0.15, -0.1) is 0 Å². The molecule has 1 aromatic carbocycles. The van der Waals surface area contributed by atoms with E-state index in [0.29, 0.717) is 25.2 Å². The van der Waals surface area contributed by atoms with Crippen LogP contribution in [-0.2, 0) is 29.7 Å². The quantitative estimate of drug-likeness (QED) is 0.277. The van der Waals surface area contributed by atoms with Crippen LogP contribution >= 0.6 is 23.8 Å². The summed E-state index contributed by atoms with van der Waals surface area (Å²) < 4.78 is 32.8. The number of halogens is 1. The lowest BCUT2D eigenvalue weighted by Gasteiger charge is -2.20. The van der Waals surface area contributed by atoms with Gasteiger partial charge in [0.05, 0.1) is 26.4 Å². The molecule has 2 atom stereocenters. The van der Waals surface area contributed by atoms with Gasteiger partial charge in [0, 0.05) is 11.9 Å². The Morgan fingerprint density at radius 3 is 2.58 bits per heavy atom. The van der Waals surface area contributed by atoms with E-state index in [2.05, 4.69) is 22.9 Å². The zero-order valence-corrected chi connectivity index (χ0v) is 16.4. The van der Waals surface area contributed by atoms with Crippen molar-refractivity contribution >= 4 is 23.8 Å². The molecule has 0 aliphatic carbocycles. The standard InChI is InChI=1S/C16H26BrO6P/c1-2-3-10-20-13-16(14-23-24(18,19)22-11-9-17)21-12-15-7-5-4-6-8-15/h4-8,16H,2-3,9-14H2,1H3,(H,18,19)/t16-/m1/s1. The smallest absolute Gasteiger partial charge is 0.379 e. The number of hydrogen-bond acceptors (Lipinski definition) is 5. The summed E-state index contributed by atoms with van der Waals surface area (Å²) >= 11 is 3.12. The SMILES string of the molecule is CCCCOC[C@H](COP(=O)(O)OCCBr)OCc1ccccc1. The van der Waals surface area contributed by atoms with Gasteiger partial charge in [0.25, 0.3) is 0 Å².